The summed E-state index contributed by atoms with van der Waals surface area (Å²) in [5, 5.41) is 1.35. The van der Waals surface area contributed by atoms with Crippen molar-refractivity contribution in [2.24, 2.45) is 5.73 Å². The Hall–Kier alpha value is -2.66. The van der Waals surface area contributed by atoms with E-state index in [0.29, 0.717) is 5.15 Å². The number of halogens is 1. The van der Waals surface area contributed by atoms with Crippen molar-refractivity contribution in [1.29, 1.82) is 0 Å². The maximum Gasteiger partial charge on any atom is 0.241 e. The molecule has 0 spiro atoms. The third-order valence-electron chi connectivity index (χ3n) is 3.25. The summed E-state index contributed by atoms with van der Waals surface area (Å²) in [5.41, 5.74) is 9.43. The highest BCUT2D eigenvalue weighted by Gasteiger charge is 2.07. The lowest BCUT2D eigenvalue weighted by atomic mass is 10.1. The van der Waals surface area contributed by atoms with Crippen LogP contribution < -0.4 is 5.73 Å². The summed E-state index contributed by atoms with van der Waals surface area (Å²) in [6.45, 7) is 1.89. The molecule has 0 aliphatic rings. The predicted octanol–water partition coefficient (Wildman–Crippen LogP) is 3.09. The molecule has 1 amide bonds. The molecule has 3 aromatic heterocycles. The molecule has 22 heavy (non-hydrogen) atoms. The summed E-state index contributed by atoms with van der Waals surface area (Å²) in [6.07, 6.45) is 6.54. The van der Waals surface area contributed by atoms with Gasteiger partial charge in [-0.2, -0.15) is 0 Å². The van der Waals surface area contributed by atoms with Crippen LogP contribution in [0.5, 0.6) is 0 Å². The van der Waals surface area contributed by atoms with E-state index in [1.807, 2.05) is 19.1 Å². The van der Waals surface area contributed by atoms with Crippen LogP contribution in [0.15, 0.2) is 36.7 Å². The van der Waals surface area contributed by atoms with E-state index in [2.05, 4.69) is 15.0 Å². The number of aromatic nitrogens is 3. The summed E-state index contributed by atoms with van der Waals surface area (Å²) < 4.78 is 0. The molecule has 0 unspecified atom stereocenters. The summed E-state index contributed by atoms with van der Waals surface area (Å²) >= 11 is 6.01. The number of nitrogens with zero attached hydrogens (tertiary/aromatic N) is 2. The van der Waals surface area contributed by atoms with Crippen LogP contribution in [0.1, 0.15) is 11.3 Å². The number of pyridine rings is 2. The molecule has 3 aromatic rings. The van der Waals surface area contributed by atoms with Crippen molar-refractivity contribution in [2.75, 3.05) is 0 Å². The first-order chi connectivity index (χ1) is 10.5. The van der Waals surface area contributed by atoms with Crippen molar-refractivity contribution in [2.45, 2.75) is 6.92 Å². The smallest absolute Gasteiger partial charge is 0.241 e. The molecule has 0 aromatic carbocycles. The fraction of sp³-hybridized carbons (Fsp3) is 0.0625. The molecule has 0 saturated carbocycles. The van der Waals surface area contributed by atoms with Gasteiger partial charge in [-0.3, -0.25) is 4.79 Å². The average Bonchev–Trinajstić information content (AvgIpc) is 2.86. The van der Waals surface area contributed by atoms with Crippen LogP contribution in [0.3, 0.4) is 0 Å². The third kappa shape index (κ3) is 2.84. The van der Waals surface area contributed by atoms with Gasteiger partial charge in [-0.05, 0) is 36.8 Å². The number of carbonyl (C=O) groups excluding carboxylic acids is 1. The van der Waals surface area contributed by atoms with Gasteiger partial charge < -0.3 is 10.7 Å². The Morgan fingerprint density at radius 2 is 2.14 bits per heavy atom. The van der Waals surface area contributed by atoms with Crippen molar-refractivity contribution in [3.05, 3.63) is 53.1 Å². The second-order valence-electron chi connectivity index (χ2n) is 4.92. The maximum atomic E-state index is 10.9. The fourth-order valence-corrected chi connectivity index (χ4v) is 2.54. The van der Waals surface area contributed by atoms with Crippen LogP contribution in [-0.4, -0.2) is 20.9 Å². The number of H-pyrrole nitrogens is 1. The molecular formula is C16H13ClN4O. The number of primary amides is 1. The SMILES string of the molecule is Cc1cc(-c2cnc3[nH]cc(/C=C/C(N)=O)c3c2)cc(Cl)n1. The van der Waals surface area contributed by atoms with Crippen LogP contribution in [-0.2, 0) is 4.79 Å². The minimum atomic E-state index is -0.491. The maximum absolute atomic E-state index is 10.9. The number of aromatic amines is 1. The molecule has 0 radical (unpaired) electrons. The Labute approximate surface area is 131 Å². The van der Waals surface area contributed by atoms with Crippen LogP contribution in [0.25, 0.3) is 28.2 Å². The predicted molar refractivity (Wildman–Crippen MR) is 87.3 cm³/mol. The topological polar surface area (TPSA) is 84.7 Å². The van der Waals surface area contributed by atoms with E-state index in [0.717, 1.165) is 33.4 Å². The van der Waals surface area contributed by atoms with E-state index in [1.165, 1.54) is 6.08 Å². The normalized spacial score (nSPS) is 11.4. The quantitative estimate of drug-likeness (QED) is 0.575. The summed E-state index contributed by atoms with van der Waals surface area (Å²) in [5.74, 6) is -0.491. The van der Waals surface area contributed by atoms with Gasteiger partial charge in [0.25, 0.3) is 0 Å². The van der Waals surface area contributed by atoms with E-state index in [-0.39, 0.29) is 0 Å². The lowest BCUT2D eigenvalue weighted by molar-refractivity contribution is -0.113. The average molecular weight is 313 g/mol. The molecule has 3 N–H and O–H groups in total. The van der Waals surface area contributed by atoms with Gasteiger partial charge in [0.1, 0.15) is 10.8 Å². The zero-order chi connectivity index (χ0) is 15.7. The van der Waals surface area contributed by atoms with Gasteiger partial charge in [0, 0.05) is 40.7 Å². The minimum Gasteiger partial charge on any atom is -0.366 e. The fourth-order valence-electron chi connectivity index (χ4n) is 2.29. The zero-order valence-electron chi connectivity index (χ0n) is 11.8. The molecule has 0 atom stereocenters. The number of amides is 1. The number of rotatable bonds is 3. The van der Waals surface area contributed by atoms with Crippen LogP contribution in [0.2, 0.25) is 5.15 Å². The standard InChI is InChI=1S/C16H13ClN4O/c1-9-4-11(6-14(17)21-9)12-5-13-10(2-3-15(18)22)7-19-16(13)20-8-12/h2-8H,1H3,(H2,18,22)(H,19,20)/b3-2+. The number of nitrogens with one attached hydrogen (secondary N) is 1. The highest BCUT2D eigenvalue weighted by atomic mass is 35.5. The Morgan fingerprint density at radius 3 is 2.86 bits per heavy atom. The van der Waals surface area contributed by atoms with E-state index in [9.17, 15) is 4.79 Å². The van der Waals surface area contributed by atoms with Gasteiger partial charge in [-0.15, -0.1) is 0 Å². The molecule has 5 nitrogen and oxygen atoms in total. The molecule has 0 saturated heterocycles. The van der Waals surface area contributed by atoms with Crippen LogP contribution >= 0.6 is 11.6 Å². The second kappa shape index (κ2) is 5.61. The monoisotopic (exact) mass is 312 g/mol. The second-order valence-corrected chi connectivity index (χ2v) is 5.31. The zero-order valence-corrected chi connectivity index (χ0v) is 12.6. The van der Waals surface area contributed by atoms with E-state index >= 15 is 0 Å². The lowest BCUT2D eigenvalue weighted by Gasteiger charge is -2.04. The van der Waals surface area contributed by atoms with Crippen molar-refractivity contribution in [3.63, 3.8) is 0 Å². The molecule has 3 heterocycles. The Kier molecular flexibility index (Phi) is 3.65. The molecule has 6 heteroatoms. The molecule has 0 aliphatic heterocycles. The first kappa shape index (κ1) is 14.3. The number of aryl methyl sites for hydroxylation is 1. The summed E-state index contributed by atoms with van der Waals surface area (Å²) in [6, 6.07) is 5.73. The van der Waals surface area contributed by atoms with Crippen molar-refractivity contribution < 1.29 is 4.79 Å². The van der Waals surface area contributed by atoms with Crippen LogP contribution in [0, 0.1) is 6.92 Å². The third-order valence-corrected chi connectivity index (χ3v) is 3.44. The van der Waals surface area contributed by atoms with Crippen LogP contribution in [0.4, 0.5) is 0 Å². The van der Waals surface area contributed by atoms with Gasteiger partial charge in [0.15, 0.2) is 0 Å². The number of nitrogens with two attached hydrogens (primary N) is 1. The van der Waals surface area contributed by atoms with E-state index < -0.39 is 5.91 Å². The summed E-state index contributed by atoms with van der Waals surface area (Å²) in [4.78, 5) is 22.5. The number of hydrogen-bond acceptors (Lipinski definition) is 3. The van der Waals surface area contributed by atoms with Crippen molar-refractivity contribution in [1.82, 2.24) is 15.0 Å². The first-order valence-corrected chi connectivity index (χ1v) is 7.00. The molecule has 110 valence electrons. The molecule has 0 fully saturated rings. The van der Waals surface area contributed by atoms with Crippen molar-refractivity contribution in [3.8, 4) is 11.1 Å². The molecule has 3 rings (SSSR count). The van der Waals surface area contributed by atoms with E-state index in [1.54, 1.807) is 24.5 Å². The highest BCUT2D eigenvalue weighted by Crippen LogP contribution is 2.27. The number of carbonyl (C=O) groups is 1. The Bertz CT molecular complexity index is 878. The van der Waals surface area contributed by atoms with Gasteiger partial charge in [0.2, 0.25) is 5.91 Å². The number of hydrogen-bond donors (Lipinski definition) is 2. The van der Waals surface area contributed by atoms with Gasteiger partial charge in [0.05, 0.1) is 0 Å². The van der Waals surface area contributed by atoms with Gasteiger partial charge in [-0.25, -0.2) is 9.97 Å². The molecule has 0 aliphatic carbocycles. The summed E-state index contributed by atoms with van der Waals surface area (Å²) in [7, 11) is 0. The number of fused-ring (bicyclic) bond motifs is 1. The lowest BCUT2D eigenvalue weighted by Crippen LogP contribution is -2.04. The van der Waals surface area contributed by atoms with Gasteiger partial charge >= 0.3 is 0 Å². The Morgan fingerprint density at radius 1 is 1.32 bits per heavy atom. The largest absolute Gasteiger partial charge is 0.366 e. The highest BCUT2D eigenvalue weighted by molar-refractivity contribution is 6.29. The molecular weight excluding hydrogens is 300 g/mol. The van der Waals surface area contributed by atoms with E-state index in [4.69, 9.17) is 17.3 Å². The first-order valence-electron chi connectivity index (χ1n) is 6.62. The minimum absolute atomic E-state index is 0.443. The van der Waals surface area contributed by atoms with Crippen molar-refractivity contribution >= 4 is 34.6 Å². The van der Waals surface area contributed by atoms with Gasteiger partial charge in [-0.1, -0.05) is 11.6 Å². The molecule has 0 bridgehead atoms. The Balaban J connectivity index is 2.12.